The molecule has 1 heterocycles. The molecule has 0 saturated carbocycles. The second kappa shape index (κ2) is 9.70. The van der Waals surface area contributed by atoms with Crippen LogP contribution in [0.25, 0.3) is 16.9 Å². The predicted molar refractivity (Wildman–Crippen MR) is 120 cm³/mol. The summed E-state index contributed by atoms with van der Waals surface area (Å²) in [5.41, 5.74) is 3.83. The van der Waals surface area contributed by atoms with Gasteiger partial charge in [-0.15, -0.1) is 0 Å². The highest BCUT2D eigenvalue weighted by Crippen LogP contribution is 2.31. The Morgan fingerprint density at radius 2 is 1.75 bits per heavy atom. The summed E-state index contributed by atoms with van der Waals surface area (Å²) in [5, 5.41) is 4.60. The van der Waals surface area contributed by atoms with Crippen molar-refractivity contribution in [3.63, 3.8) is 0 Å². The summed E-state index contributed by atoms with van der Waals surface area (Å²) in [6.45, 7) is 3.83. The molecule has 0 bridgehead atoms. The highest BCUT2D eigenvalue weighted by Gasteiger charge is 2.20. The zero-order valence-corrected chi connectivity index (χ0v) is 21.1. The fraction of sp³-hybridized carbons (Fsp3) is 0.360. The third-order valence-corrected chi connectivity index (χ3v) is 5.48. The molecule has 0 spiro atoms. The molecular formula is C25H29FIN3O2. The van der Waals surface area contributed by atoms with Gasteiger partial charge in [-0.2, -0.15) is 9.78 Å². The van der Waals surface area contributed by atoms with Crippen molar-refractivity contribution in [3.8, 4) is 22.7 Å². The molecule has 0 saturated heterocycles. The maximum Gasteiger partial charge on any atom is 0.271 e. The molecule has 1 aliphatic carbocycles. The van der Waals surface area contributed by atoms with E-state index in [1.807, 2.05) is 24.3 Å². The van der Waals surface area contributed by atoms with Gasteiger partial charge in [-0.1, -0.05) is 13.0 Å². The van der Waals surface area contributed by atoms with Gasteiger partial charge in [0, 0.05) is 17.5 Å². The number of ether oxygens (including phenoxy) is 1. The normalized spacial score (nSPS) is 13.5. The Morgan fingerprint density at radius 3 is 2.44 bits per heavy atom. The van der Waals surface area contributed by atoms with Crippen LogP contribution in [0.2, 0.25) is 0 Å². The van der Waals surface area contributed by atoms with Gasteiger partial charge in [-0.25, -0.2) is 4.39 Å². The Balaban J connectivity index is 0.00000289. The molecule has 32 heavy (non-hydrogen) atoms. The molecule has 1 aliphatic rings. The highest BCUT2D eigenvalue weighted by molar-refractivity contribution is 5.69. The van der Waals surface area contributed by atoms with E-state index in [2.05, 4.69) is 33.2 Å². The Hall–Kier alpha value is -2.26. The minimum atomic E-state index is -0.299. The number of quaternary nitrogens is 1. The molecular weight excluding hydrogens is 520 g/mol. The number of aryl methyl sites for hydroxylation is 2. The summed E-state index contributed by atoms with van der Waals surface area (Å²) >= 11 is 0. The first-order chi connectivity index (χ1) is 14.7. The molecule has 1 atom stereocenters. The standard InChI is InChI=1S/C25H29FN3O2.HI/c1-17(15-29(2,3)4)16-31-22-11-9-21(10-12-22)28-24(30)13-19-6-5-18-7-8-20(26)14-23(18)25(19)27-28;/h7-14,17H,5-6,15-16H2,1-4H3;1H/q+1;/p-1. The molecule has 1 aromatic heterocycles. The van der Waals surface area contributed by atoms with Gasteiger partial charge < -0.3 is 33.2 Å². The van der Waals surface area contributed by atoms with E-state index in [1.165, 1.54) is 16.8 Å². The SMILES string of the molecule is CC(COc1ccc(-n2nc3c(cc2=O)CCc2ccc(F)cc2-3)cc1)C[N+](C)(C)C.[I-]. The second-order valence-electron chi connectivity index (χ2n) is 9.45. The number of fused-ring (bicyclic) bond motifs is 3. The molecule has 0 fully saturated rings. The molecule has 0 N–H and O–H groups in total. The van der Waals surface area contributed by atoms with Crippen LogP contribution in [0.3, 0.4) is 0 Å². The van der Waals surface area contributed by atoms with Crippen molar-refractivity contribution in [2.75, 3.05) is 34.3 Å². The van der Waals surface area contributed by atoms with Crippen LogP contribution in [0, 0.1) is 11.7 Å². The minimum Gasteiger partial charge on any atom is -1.00 e. The van der Waals surface area contributed by atoms with Crippen molar-refractivity contribution in [1.29, 1.82) is 0 Å². The zero-order chi connectivity index (χ0) is 22.2. The average Bonchev–Trinajstić information content (AvgIpc) is 2.71. The van der Waals surface area contributed by atoms with Crippen LogP contribution in [-0.4, -0.2) is 48.6 Å². The first kappa shape index (κ1) is 24.4. The number of nitrogens with zero attached hydrogens (tertiary/aromatic N) is 3. The van der Waals surface area contributed by atoms with E-state index in [1.54, 1.807) is 12.1 Å². The van der Waals surface area contributed by atoms with Crippen molar-refractivity contribution in [3.05, 3.63) is 75.8 Å². The van der Waals surface area contributed by atoms with E-state index >= 15 is 0 Å². The van der Waals surface area contributed by atoms with Gasteiger partial charge in [0.25, 0.3) is 5.56 Å². The van der Waals surface area contributed by atoms with Crippen LogP contribution in [0.5, 0.6) is 5.75 Å². The Morgan fingerprint density at radius 1 is 1.06 bits per heavy atom. The van der Waals surface area contributed by atoms with Gasteiger partial charge in [0.2, 0.25) is 0 Å². The summed E-state index contributed by atoms with van der Waals surface area (Å²) in [4.78, 5) is 12.7. The molecule has 0 radical (unpaired) electrons. The van der Waals surface area contributed by atoms with Gasteiger partial charge in [0.15, 0.2) is 0 Å². The molecule has 0 aliphatic heterocycles. The van der Waals surface area contributed by atoms with Gasteiger partial charge in [-0.05, 0) is 60.4 Å². The number of halogens is 2. The largest absolute Gasteiger partial charge is 1.00 e. The van der Waals surface area contributed by atoms with Crippen LogP contribution in [0.4, 0.5) is 4.39 Å². The maximum absolute atomic E-state index is 13.8. The van der Waals surface area contributed by atoms with Gasteiger partial charge >= 0.3 is 0 Å². The number of aromatic nitrogens is 2. The average molecular weight is 549 g/mol. The molecule has 1 unspecified atom stereocenters. The van der Waals surface area contributed by atoms with Gasteiger partial charge in [0.05, 0.1) is 45.7 Å². The lowest BCUT2D eigenvalue weighted by atomic mass is 9.89. The topological polar surface area (TPSA) is 44.1 Å². The van der Waals surface area contributed by atoms with E-state index in [9.17, 15) is 9.18 Å². The van der Waals surface area contributed by atoms with Crippen LogP contribution < -0.4 is 34.3 Å². The fourth-order valence-electron chi connectivity index (χ4n) is 4.26. The summed E-state index contributed by atoms with van der Waals surface area (Å²) in [6, 6.07) is 13.8. The molecule has 0 amide bonds. The second-order valence-corrected chi connectivity index (χ2v) is 9.45. The van der Waals surface area contributed by atoms with Crippen LogP contribution in [0.1, 0.15) is 18.1 Å². The Labute approximate surface area is 205 Å². The monoisotopic (exact) mass is 549 g/mol. The Kier molecular flexibility index (Phi) is 7.39. The smallest absolute Gasteiger partial charge is 0.271 e. The molecule has 4 rings (SSSR count). The fourth-order valence-corrected chi connectivity index (χ4v) is 4.26. The molecule has 170 valence electrons. The van der Waals surface area contributed by atoms with Gasteiger partial charge in [-0.3, -0.25) is 4.79 Å². The van der Waals surface area contributed by atoms with Crippen molar-refractivity contribution >= 4 is 0 Å². The van der Waals surface area contributed by atoms with Crippen LogP contribution in [0.15, 0.2) is 53.3 Å². The number of hydrogen-bond donors (Lipinski definition) is 0. The zero-order valence-electron chi connectivity index (χ0n) is 18.9. The summed E-state index contributed by atoms with van der Waals surface area (Å²) in [7, 11) is 6.50. The van der Waals surface area contributed by atoms with Crippen molar-refractivity contribution in [1.82, 2.24) is 9.78 Å². The quantitative estimate of drug-likeness (QED) is 0.339. The summed E-state index contributed by atoms with van der Waals surface area (Å²) in [5.74, 6) is 0.882. The van der Waals surface area contributed by atoms with E-state index in [4.69, 9.17) is 4.74 Å². The summed E-state index contributed by atoms with van der Waals surface area (Å²) < 4.78 is 22.0. The number of hydrogen-bond acceptors (Lipinski definition) is 3. The molecule has 5 nitrogen and oxygen atoms in total. The van der Waals surface area contributed by atoms with Gasteiger partial charge in [0.1, 0.15) is 11.6 Å². The highest BCUT2D eigenvalue weighted by atomic mass is 127. The van der Waals surface area contributed by atoms with E-state index in [-0.39, 0.29) is 35.4 Å². The predicted octanol–water partition coefficient (Wildman–Crippen LogP) is 0.862. The Bertz CT molecular complexity index is 1150. The van der Waals surface area contributed by atoms with Crippen LogP contribution in [-0.2, 0) is 12.8 Å². The van der Waals surface area contributed by atoms with E-state index < -0.39 is 0 Å². The lowest BCUT2D eigenvalue weighted by Crippen LogP contribution is -3.00. The first-order valence-corrected chi connectivity index (χ1v) is 10.7. The van der Waals surface area contributed by atoms with Crippen molar-refractivity contribution < 1.29 is 37.6 Å². The van der Waals surface area contributed by atoms with E-state index in [0.29, 0.717) is 23.9 Å². The van der Waals surface area contributed by atoms with E-state index in [0.717, 1.165) is 46.3 Å². The third kappa shape index (κ3) is 5.56. The maximum atomic E-state index is 13.8. The number of benzene rings is 2. The molecule has 2 aromatic carbocycles. The number of rotatable bonds is 6. The third-order valence-electron chi connectivity index (χ3n) is 5.48. The lowest BCUT2D eigenvalue weighted by Gasteiger charge is -2.27. The first-order valence-electron chi connectivity index (χ1n) is 10.7. The van der Waals surface area contributed by atoms with Crippen LogP contribution >= 0.6 is 0 Å². The lowest BCUT2D eigenvalue weighted by molar-refractivity contribution is -0.873. The minimum absolute atomic E-state index is 0. The van der Waals surface area contributed by atoms with Crippen molar-refractivity contribution in [2.24, 2.45) is 5.92 Å². The molecule has 7 heteroatoms. The summed E-state index contributed by atoms with van der Waals surface area (Å²) in [6.07, 6.45) is 1.52. The molecule has 3 aromatic rings. The van der Waals surface area contributed by atoms with Crippen molar-refractivity contribution in [2.45, 2.75) is 19.8 Å².